The summed E-state index contributed by atoms with van der Waals surface area (Å²) in [6, 6.07) is 0. The number of fused-ring (bicyclic) bond motifs is 3. The number of hydrogen-bond donors (Lipinski definition) is 3. The smallest absolute Gasteiger partial charge is 0.334 e. The highest BCUT2D eigenvalue weighted by Crippen LogP contribution is 2.77. The Morgan fingerprint density at radius 1 is 1.06 bits per heavy atom. The number of esters is 1. The summed E-state index contributed by atoms with van der Waals surface area (Å²) >= 11 is 0. The van der Waals surface area contributed by atoms with Crippen LogP contribution in [0.3, 0.4) is 0 Å². The molecule has 12 atom stereocenters. The first-order valence-electron chi connectivity index (χ1n) is 13.7. The molecular weight excluding hydrogens is 464 g/mol. The van der Waals surface area contributed by atoms with Gasteiger partial charge in [-0.25, -0.2) is 4.79 Å². The van der Waals surface area contributed by atoms with E-state index in [4.69, 9.17) is 14.2 Å². The minimum absolute atomic E-state index is 0.0519. The number of carbonyl (C=O) groups excluding carboxylic acids is 2. The van der Waals surface area contributed by atoms with Gasteiger partial charge in [-0.1, -0.05) is 6.92 Å². The molecule has 4 saturated carbocycles. The quantitative estimate of drug-likeness (QED) is 0.387. The average molecular weight is 503 g/mol. The molecule has 3 N–H and O–H groups in total. The Hall–Kier alpha value is -1.32. The van der Waals surface area contributed by atoms with Gasteiger partial charge in [-0.2, -0.15) is 0 Å². The van der Waals surface area contributed by atoms with E-state index < -0.39 is 51.9 Å². The fourth-order valence-electron chi connectivity index (χ4n) is 10.4. The molecule has 0 bridgehead atoms. The second-order valence-electron chi connectivity index (χ2n) is 13.2. The van der Waals surface area contributed by atoms with Crippen LogP contribution < -0.4 is 0 Å². The molecule has 0 aromatic carbocycles. The molecule has 4 aliphatic carbocycles. The zero-order chi connectivity index (χ0) is 25.6. The third-order valence-electron chi connectivity index (χ3n) is 12.7. The molecule has 1 spiro atoms. The van der Waals surface area contributed by atoms with Gasteiger partial charge in [0, 0.05) is 24.3 Å². The third kappa shape index (κ3) is 2.29. The van der Waals surface area contributed by atoms with Gasteiger partial charge in [0.05, 0.1) is 29.1 Å². The first-order valence-corrected chi connectivity index (χ1v) is 13.7. The molecule has 3 aliphatic heterocycles. The van der Waals surface area contributed by atoms with Crippen LogP contribution in [0, 0.1) is 34.5 Å². The summed E-state index contributed by atoms with van der Waals surface area (Å²) in [6.07, 6.45) is 2.72. The van der Waals surface area contributed by atoms with Crippen molar-refractivity contribution in [3.05, 3.63) is 11.1 Å². The minimum Gasteiger partial charge on any atom is -0.452 e. The lowest BCUT2D eigenvalue weighted by atomic mass is 9.41. The lowest BCUT2D eigenvalue weighted by Crippen LogP contribution is -2.77. The fraction of sp³-hybridized carbons (Fsp3) is 0.857. The van der Waals surface area contributed by atoms with Crippen molar-refractivity contribution in [2.45, 2.75) is 108 Å². The Labute approximate surface area is 211 Å². The van der Waals surface area contributed by atoms with Crippen LogP contribution in [0.5, 0.6) is 0 Å². The molecule has 8 nitrogen and oxygen atoms in total. The highest BCUT2D eigenvalue weighted by molar-refractivity contribution is 5.91. The van der Waals surface area contributed by atoms with Gasteiger partial charge in [-0.3, -0.25) is 4.79 Å². The zero-order valence-corrected chi connectivity index (χ0v) is 21.6. The van der Waals surface area contributed by atoms with Crippen LogP contribution in [-0.4, -0.2) is 69.0 Å². The van der Waals surface area contributed by atoms with Crippen LogP contribution in [0.25, 0.3) is 0 Å². The summed E-state index contributed by atoms with van der Waals surface area (Å²) in [4.78, 5) is 26.0. The van der Waals surface area contributed by atoms with Gasteiger partial charge in [-0.15, -0.1) is 0 Å². The molecule has 7 rings (SSSR count). The van der Waals surface area contributed by atoms with Gasteiger partial charge >= 0.3 is 5.97 Å². The van der Waals surface area contributed by atoms with E-state index in [1.165, 1.54) is 0 Å². The monoisotopic (exact) mass is 502 g/mol. The molecule has 3 heterocycles. The number of ketones is 1. The van der Waals surface area contributed by atoms with Crippen molar-refractivity contribution in [3.63, 3.8) is 0 Å². The summed E-state index contributed by atoms with van der Waals surface area (Å²) in [7, 11) is 0. The predicted molar refractivity (Wildman–Crippen MR) is 125 cm³/mol. The molecule has 0 amide bonds. The van der Waals surface area contributed by atoms with E-state index in [9.17, 15) is 24.9 Å². The predicted octanol–water partition coefficient (Wildman–Crippen LogP) is 2.03. The minimum atomic E-state index is -1.74. The molecule has 198 valence electrons. The van der Waals surface area contributed by atoms with E-state index >= 15 is 0 Å². The molecule has 2 saturated heterocycles. The van der Waals surface area contributed by atoms with Crippen molar-refractivity contribution < 1.29 is 39.1 Å². The largest absolute Gasteiger partial charge is 0.452 e. The highest BCUT2D eigenvalue weighted by atomic mass is 16.7. The number of rotatable bonds is 2. The Balaban J connectivity index is 1.35. The maximum Gasteiger partial charge on any atom is 0.334 e. The summed E-state index contributed by atoms with van der Waals surface area (Å²) in [5, 5.41) is 35.5. The van der Waals surface area contributed by atoms with E-state index in [1.54, 1.807) is 13.8 Å². The topological polar surface area (TPSA) is 126 Å². The lowest BCUT2D eigenvalue weighted by Gasteiger charge is -2.68. The normalized spacial score (nSPS) is 59.1. The average Bonchev–Trinajstić information content (AvgIpc) is 3.38. The van der Waals surface area contributed by atoms with Crippen LogP contribution in [0.2, 0.25) is 0 Å². The fourth-order valence-corrected chi connectivity index (χ4v) is 10.4. The second kappa shape index (κ2) is 6.81. The summed E-state index contributed by atoms with van der Waals surface area (Å²) < 4.78 is 18.6. The molecule has 1 unspecified atom stereocenters. The number of Topliss-reactive ketones (excluding diaryl/α,β-unsaturated/α-hetero) is 1. The molecule has 36 heavy (non-hydrogen) atoms. The van der Waals surface area contributed by atoms with Gasteiger partial charge in [-0.05, 0) is 76.2 Å². The number of carbonyl (C=O) groups is 2. The van der Waals surface area contributed by atoms with Gasteiger partial charge in [0.15, 0.2) is 11.9 Å². The highest BCUT2D eigenvalue weighted by Gasteiger charge is 2.84. The summed E-state index contributed by atoms with van der Waals surface area (Å²) in [6.45, 7) is 7.11. The van der Waals surface area contributed by atoms with Crippen LogP contribution in [0.4, 0.5) is 0 Å². The van der Waals surface area contributed by atoms with Crippen LogP contribution in [0.1, 0.15) is 72.6 Å². The van der Waals surface area contributed by atoms with Crippen LogP contribution in [-0.2, 0) is 23.8 Å². The molecule has 0 radical (unpaired) electrons. The SMILES string of the molecule is CC1=C(C)C([C@H]2O[C@@]3(O)C[C@H]4[C@@H](C[C@H]5O[C@]56CCCC(=O)[C@]46C)[C@@H]4CC[C@@](O)([C@@H]2CO)[C@]43C)OC1=O. The van der Waals surface area contributed by atoms with Gasteiger partial charge in [0.2, 0.25) is 0 Å². The van der Waals surface area contributed by atoms with Crippen molar-refractivity contribution in [1.82, 2.24) is 0 Å². The van der Waals surface area contributed by atoms with E-state index in [2.05, 4.69) is 0 Å². The molecule has 7 aliphatic rings. The summed E-state index contributed by atoms with van der Waals surface area (Å²) in [5.41, 5.74) is -2.40. The number of ether oxygens (including phenoxy) is 3. The lowest BCUT2D eigenvalue weighted by molar-refractivity contribution is -0.418. The molecule has 6 fully saturated rings. The van der Waals surface area contributed by atoms with Gasteiger partial charge in [0.1, 0.15) is 17.5 Å². The van der Waals surface area contributed by atoms with Crippen molar-refractivity contribution >= 4 is 11.8 Å². The van der Waals surface area contributed by atoms with Gasteiger partial charge in [0.25, 0.3) is 0 Å². The Bertz CT molecular complexity index is 1100. The second-order valence-corrected chi connectivity index (χ2v) is 13.2. The molecule has 0 aromatic heterocycles. The molecular formula is C28H38O8. The maximum absolute atomic E-state index is 13.6. The Morgan fingerprint density at radius 2 is 1.81 bits per heavy atom. The van der Waals surface area contributed by atoms with E-state index in [0.717, 1.165) is 19.3 Å². The van der Waals surface area contributed by atoms with E-state index in [1.807, 2.05) is 13.8 Å². The maximum atomic E-state index is 13.6. The standard InChI is InChI=1S/C28H38O8/c1-13-14(2)23(31)34-21(13)22-18(12-29)26(32)9-7-16-15-10-20-27(35-20)8-5-6-19(30)24(27,3)17(15)11-28(33,36-22)25(16,26)4/h15-18,20-22,29,32-33H,5-12H2,1-4H3/t15-,16-,17-,18+,20+,21?,22-,24-,25-,26+,27+,28-/m0/s1. The van der Waals surface area contributed by atoms with Crippen molar-refractivity contribution in [2.75, 3.05) is 6.61 Å². The van der Waals surface area contributed by atoms with Crippen molar-refractivity contribution in [2.24, 2.45) is 34.5 Å². The Kier molecular flexibility index (Phi) is 4.50. The van der Waals surface area contributed by atoms with E-state index in [0.29, 0.717) is 30.4 Å². The molecule has 0 aromatic rings. The third-order valence-corrected chi connectivity index (χ3v) is 12.7. The van der Waals surface area contributed by atoms with Crippen molar-refractivity contribution in [1.29, 1.82) is 0 Å². The first kappa shape index (κ1) is 23.8. The number of epoxide rings is 1. The number of cyclic esters (lactones) is 1. The van der Waals surface area contributed by atoms with Crippen LogP contribution in [0.15, 0.2) is 11.1 Å². The zero-order valence-electron chi connectivity index (χ0n) is 21.6. The first-order chi connectivity index (χ1) is 16.9. The van der Waals surface area contributed by atoms with Crippen molar-refractivity contribution in [3.8, 4) is 0 Å². The number of aliphatic hydroxyl groups is 3. The van der Waals surface area contributed by atoms with E-state index in [-0.39, 0.29) is 42.7 Å². The molecule has 8 heteroatoms. The summed E-state index contributed by atoms with van der Waals surface area (Å²) in [5.74, 6) is -2.80. The number of hydrogen-bond acceptors (Lipinski definition) is 8. The Morgan fingerprint density at radius 3 is 2.47 bits per heavy atom. The van der Waals surface area contributed by atoms with Crippen LogP contribution >= 0.6 is 0 Å². The number of aliphatic hydroxyl groups excluding tert-OH is 1. The van der Waals surface area contributed by atoms with Gasteiger partial charge < -0.3 is 29.5 Å².